The molecule has 1 saturated heterocycles. The van der Waals surface area contributed by atoms with E-state index in [9.17, 15) is 0 Å². The van der Waals surface area contributed by atoms with Crippen molar-refractivity contribution in [2.75, 3.05) is 26.2 Å². The highest BCUT2D eigenvalue weighted by molar-refractivity contribution is 6.27. The summed E-state index contributed by atoms with van der Waals surface area (Å²) in [4.78, 5) is 23.6. The summed E-state index contributed by atoms with van der Waals surface area (Å²) in [5.74, 6) is -3.65. The molecule has 6 nitrogen and oxygen atoms in total. The van der Waals surface area contributed by atoms with Gasteiger partial charge in [0.05, 0.1) is 6.04 Å². The number of carboxylic acid groups (broad SMARTS) is 2. The second-order valence-electron chi connectivity index (χ2n) is 7.84. The summed E-state index contributed by atoms with van der Waals surface area (Å²) < 4.78 is 0. The van der Waals surface area contributed by atoms with Gasteiger partial charge in [0.1, 0.15) is 0 Å². The average Bonchev–Trinajstić information content (AvgIpc) is 3.31. The zero-order chi connectivity index (χ0) is 21.3. The van der Waals surface area contributed by atoms with Crippen molar-refractivity contribution >= 4 is 11.9 Å². The van der Waals surface area contributed by atoms with Gasteiger partial charge in [-0.25, -0.2) is 9.59 Å². The summed E-state index contributed by atoms with van der Waals surface area (Å²) in [7, 11) is 0. The Hall–Kier alpha value is -2.70. The third-order valence-electron chi connectivity index (χ3n) is 5.97. The van der Waals surface area contributed by atoms with Crippen molar-refractivity contribution in [2.24, 2.45) is 0 Å². The van der Waals surface area contributed by atoms with E-state index in [-0.39, 0.29) is 0 Å². The number of carbonyl (C=O) groups is 2. The average molecular weight is 411 g/mol. The third kappa shape index (κ3) is 5.90. The maximum atomic E-state index is 9.10. The van der Waals surface area contributed by atoms with Crippen LogP contribution in [-0.4, -0.2) is 64.2 Å². The van der Waals surface area contributed by atoms with Gasteiger partial charge in [0, 0.05) is 32.2 Å². The van der Waals surface area contributed by atoms with Gasteiger partial charge in [-0.15, -0.1) is 0 Å². The van der Waals surface area contributed by atoms with Crippen LogP contribution in [0.25, 0.3) is 0 Å². The summed E-state index contributed by atoms with van der Waals surface area (Å²) in [6.45, 7) is 4.79. The van der Waals surface area contributed by atoms with Crippen LogP contribution in [0.1, 0.15) is 42.9 Å². The van der Waals surface area contributed by atoms with Gasteiger partial charge >= 0.3 is 11.9 Å². The molecule has 1 saturated carbocycles. The lowest BCUT2D eigenvalue weighted by atomic mass is 9.96. The van der Waals surface area contributed by atoms with Crippen molar-refractivity contribution in [1.82, 2.24) is 9.80 Å². The van der Waals surface area contributed by atoms with Crippen LogP contribution in [0.5, 0.6) is 0 Å². The van der Waals surface area contributed by atoms with Gasteiger partial charge in [0.15, 0.2) is 0 Å². The Morgan fingerprint density at radius 1 is 0.733 bits per heavy atom. The highest BCUT2D eigenvalue weighted by Gasteiger charge is 2.30. The zero-order valence-corrected chi connectivity index (χ0v) is 17.2. The molecular formula is C24H30N2O4. The molecule has 2 N–H and O–H groups in total. The topological polar surface area (TPSA) is 81.1 Å². The number of benzene rings is 2. The summed E-state index contributed by atoms with van der Waals surface area (Å²) in [6, 6.07) is 23.3. The standard InChI is InChI=1S/C22H28N2.C2H2O4/c1-3-9-19(10-4-1)22(20-11-5-2-6-12-20)24-17-15-23(16-18-24)21-13-7-8-14-21;3-1(4)2(5)6/h1-6,9-12,21-22H,7-8,13-18H2;(H,3,4)(H,5,6). The molecule has 1 aliphatic heterocycles. The Kier molecular flexibility index (Phi) is 7.99. The number of nitrogens with zero attached hydrogens (tertiary/aromatic N) is 2. The smallest absolute Gasteiger partial charge is 0.414 e. The van der Waals surface area contributed by atoms with Gasteiger partial charge in [0.25, 0.3) is 0 Å². The van der Waals surface area contributed by atoms with E-state index in [1.54, 1.807) is 0 Å². The molecule has 0 spiro atoms. The first-order chi connectivity index (χ1) is 14.6. The number of carboxylic acids is 2. The Morgan fingerprint density at radius 2 is 1.17 bits per heavy atom. The second kappa shape index (κ2) is 10.9. The molecule has 2 aromatic rings. The van der Waals surface area contributed by atoms with Gasteiger partial charge in [-0.3, -0.25) is 9.80 Å². The molecule has 4 rings (SSSR count). The highest BCUT2D eigenvalue weighted by atomic mass is 16.4. The van der Waals surface area contributed by atoms with Gasteiger partial charge in [-0.2, -0.15) is 0 Å². The summed E-state index contributed by atoms with van der Waals surface area (Å²) in [5.41, 5.74) is 2.83. The molecule has 0 unspecified atom stereocenters. The first-order valence-corrected chi connectivity index (χ1v) is 10.6. The van der Waals surface area contributed by atoms with Crippen LogP contribution in [0, 0.1) is 0 Å². The zero-order valence-electron chi connectivity index (χ0n) is 17.2. The van der Waals surface area contributed by atoms with Crippen molar-refractivity contribution in [2.45, 2.75) is 37.8 Å². The van der Waals surface area contributed by atoms with Crippen molar-refractivity contribution < 1.29 is 19.8 Å². The monoisotopic (exact) mass is 410 g/mol. The van der Waals surface area contributed by atoms with E-state index in [1.807, 2.05) is 0 Å². The molecule has 1 aliphatic carbocycles. The molecule has 6 heteroatoms. The summed E-state index contributed by atoms with van der Waals surface area (Å²) >= 11 is 0. The van der Waals surface area contributed by atoms with Gasteiger partial charge in [-0.05, 0) is 24.0 Å². The number of rotatable bonds is 4. The van der Waals surface area contributed by atoms with Crippen LogP contribution in [-0.2, 0) is 9.59 Å². The maximum absolute atomic E-state index is 9.10. The predicted molar refractivity (Wildman–Crippen MR) is 115 cm³/mol. The van der Waals surface area contributed by atoms with Crippen LogP contribution in [0.2, 0.25) is 0 Å². The quantitative estimate of drug-likeness (QED) is 0.751. The van der Waals surface area contributed by atoms with E-state index in [0.717, 1.165) is 6.04 Å². The molecule has 2 aliphatic rings. The molecule has 0 radical (unpaired) electrons. The molecule has 0 atom stereocenters. The largest absolute Gasteiger partial charge is 0.473 e. The van der Waals surface area contributed by atoms with Crippen molar-refractivity contribution in [3.8, 4) is 0 Å². The first kappa shape index (κ1) is 22.0. The minimum Gasteiger partial charge on any atom is -0.473 e. The van der Waals surface area contributed by atoms with E-state index in [2.05, 4.69) is 70.5 Å². The molecule has 0 bridgehead atoms. The van der Waals surface area contributed by atoms with Crippen LogP contribution < -0.4 is 0 Å². The molecule has 1 heterocycles. The Balaban J connectivity index is 0.000000377. The third-order valence-corrected chi connectivity index (χ3v) is 5.97. The fraction of sp³-hybridized carbons (Fsp3) is 0.417. The van der Waals surface area contributed by atoms with Crippen molar-refractivity contribution in [1.29, 1.82) is 0 Å². The van der Waals surface area contributed by atoms with E-state index >= 15 is 0 Å². The first-order valence-electron chi connectivity index (χ1n) is 10.6. The summed E-state index contributed by atoms with van der Waals surface area (Å²) in [6.07, 6.45) is 5.70. The number of piperazine rings is 1. The van der Waals surface area contributed by atoms with E-state index in [0.29, 0.717) is 6.04 Å². The van der Waals surface area contributed by atoms with Gasteiger partial charge in [-0.1, -0.05) is 73.5 Å². The highest BCUT2D eigenvalue weighted by Crippen LogP contribution is 2.31. The lowest BCUT2D eigenvalue weighted by Gasteiger charge is -2.42. The van der Waals surface area contributed by atoms with Crippen LogP contribution >= 0.6 is 0 Å². The van der Waals surface area contributed by atoms with Crippen molar-refractivity contribution in [3.05, 3.63) is 71.8 Å². The fourth-order valence-electron chi connectivity index (χ4n) is 4.51. The normalized spacial score (nSPS) is 18.0. The molecule has 2 aromatic carbocycles. The Bertz CT molecular complexity index is 747. The lowest BCUT2D eigenvalue weighted by Crippen LogP contribution is -2.50. The fourth-order valence-corrected chi connectivity index (χ4v) is 4.51. The van der Waals surface area contributed by atoms with E-state index in [4.69, 9.17) is 19.8 Å². The lowest BCUT2D eigenvalue weighted by molar-refractivity contribution is -0.159. The Labute approximate surface area is 177 Å². The number of hydrogen-bond donors (Lipinski definition) is 2. The Morgan fingerprint density at radius 3 is 1.57 bits per heavy atom. The van der Waals surface area contributed by atoms with Crippen LogP contribution in [0.15, 0.2) is 60.7 Å². The molecule has 30 heavy (non-hydrogen) atoms. The number of hydrogen-bond acceptors (Lipinski definition) is 4. The molecule has 0 amide bonds. The predicted octanol–water partition coefficient (Wildman–Crippen LogP) is 3.49. The van der Waals surface area contributed by atoms with Crippen molar-refractivity contribution in [3.63, 3.8) is 0 Å². The SMILES string of the molecule is O=C(O)C(=O)O.c1ccc(C(c2ccccc2)N2CCN(C3CCCC3)CC2)cc1. The second-order valence-corrected chi connectivity index (χ2v) is 7.84. The minimum absolute atomic E-state index is 0.387. The van der Waals surface area contributed by atoms with E-state index < -0.39 is 11.9 Å². The minimum atomic E-state index is -1.82. The number of aliphatic carboxylic acids is 2. The molecule has 0 aromatic heterocycles. The maximum Gasteiger partial charge on any atom is 0.414 e. The summed E-state index contributed by atoms with van der Waals surface area (Å²) in [5, 5.41) is 14.8. The molecule has 2 fully saturated rings. The van der Waals surface area contributed by atoms with Gasteiger partial charge in [0.2, 0.25) is 0 Å². The van der Waals surface area contributed by atoms with E-state index in [1.165, 1.54) is 63.0 Å². The molecular weight excluding hydrogens is 380 g/mol. The van der Waals surface area contributed by atoms with Crippen LogP contribution in [0.4, 0.5) is 0 Å². The van der Waals surface area contributed by atoms with Crippen LogP contribution in [0.3, 0.4) is 0 Å². The van der Waals surface area contributed by atoms with Gasteiger partial charge < -0.3 is 10.2 Å². The molecule has 160 valence electrons.